The first-order chi connectivity index (χ1) is 13.1. The molecule has 1 amide bonds. The Bertz CT molecular complexity index is 960. The lowest BCUT2D eigenvalue weighted by molar-refractivity contribution is 0.102. The van der Waals surface area contributed by atoms with Crippen molar-refractivity contribution < 1.29 is 14.3 Å². The Morgan fingerprint density at radius 2 is 1.93 bits per heavy atom. The second kappa shape index (κ2) is 8.66. The minimum Gasteiger partial charge on any atom is -0.456 e. The fourth-order valence-corrected chi connectivity index (χ4v) is 2.75. The van der Waals surface area contributed by atoms with Gasteiger partial charge in [-0.25, -0.2) is 0 Å². The molecule has 0 spiro atoms. The van der Waals surface area contributed by atoms with E-state index in [4.69, 9.17) is 21.1 Å². The predicted octanol–water partition coefficient (Wildman–Crippen LogP) is 5.23. The number of amides is 1. The first-order valence-corrected chi connectivity index (χ1v) is 8.74. The topological polar surface area (TPSA) is 60.5 Å². The van der Waals surface area contributed by atoms with Crippen LogP contribution in [-0.4, -0.2) is 18.0 Å². The molecule has 0 saturated carbocycles. The third kappa shape index (κ3) is 4.84. The summed E-state index contributed by atoms with van der Waals surface area (Å²) >= 11 is 6.12. The Morgan fingerprint density at radius 1 is 1.11 bits per heavy atom. The van der Waals surface area contributed by atoms with Crippen LogP contribution in [0.2, 0.25) is 5.02 Å². The van der Waals surface area contributed by atoms with Crippen molar-refractivity contribution in [2.24, 2.45) is 0 Å². The predicted molar refractivity (Wildman–Crippen MR) is 106 cm³/mol. The summed E-state index contributed by atoms with van der Waals surface area (Å²) in [4.78, 5) is 17.0. The molecular weight excluding hydrogens is 364 g/mol. The molecule has 0 saturated heterocycles. The molecule has 2 aromatic carbocycles. The van der Waals surface area contributed by atoms with Crippen LogP contribution in [0.25, 0.3) is 0 Å². The summed E-state index contributed by atoms with van der Waals surface area (Å²) < 4.78 is 10.9. The van der Waals surface area contributed by atoms with Gasteiger partial charge in [0.25, 0.3) is 5.91 Å². The van der Waals surface area contributed by atoms with E-state index >= 15 is 0 Å². The quantitative estimate of drug-likeness (QED) is 0.633. The van der Waals surface area contributed by atoms with Crippen LogP contribution in [0.4, 0.5) is 5.69 Å². The number of nitrogens with one attached hydrogen (secondary N) is 1. The van der Waals surface area contributed by atoms with Crippen molar-refractivity contribution in [1.29, 1.82) is 0 Å². The summed E-state index contributed by atoms with van der Waals surface area (Å²) in [5, 5.41) is 3.39. The van der Waals surface area contributed by atoms with Gasteiger partial charge >= 0.3 is 0 Å². The lowest BCUT2D eigenvalue weighted by atomic mass is 10.1. The molecule has 0 fully saturated rings. The van der Waals surface area contributed by atoms with Crippen molar-refractivity contribution in [3.05, 3.63) is 82.6 Å². The van der Waals surface area contributed by atoms with Crippen LogP contribution in [0.15, 0.2) is 60.7 Å². The zero-order valence-corrected chi connectivity index (χ0v) is 15.8. The first-order valence-electron chi connectivity index (χ1n) is 8.36. The third-order valence-corrected chi connectivity index (χ3v) is 4.15. The van der Waals surface area contributed by atoms with Gasteiger partial charge in [-0.1, -0.05) is 29.8 Å². The van der Waals surface area contributed by atoms with E-state index in [1.165, 1.54) is 0 Å². The zero-order valence-electron chi connectivity index (χ0n) is 15.0. The van der Waals surface area contributed by atoms with Gasteiger partial charge in [0.1, 0.15) is 11.5 Å². The second-order valence-corrected chi connectivity index (χ2v) is 6.29. The minimum atomic E-state index is -0.237. The standard InChI is InChI=1S/C21H19ClN2O3/c1-14-18(11-10-16(23-14)13-26-2)21(25)24-15-6-5-7-17(12-15)27-20-9-4-3-8-19(20)22/h3-12H,13H2,1-2H3,(H,24,25). The molecule has 1 aromatic heterocycles. The fourth-order valence-electron chi connectivity index (χ4n) is 2.57. The van der Waals surface area contributed by atoms with Crippen LogP contribution >= 0.6 is 11.6 Å². The molecule has 6 heteroatoms. The highest BCUT2D eigenvalue weighted by Crippen LogP contribution is 2.30. The molecule has 0 unspecified atom stereocenters. The SMILES string of the molecule is COCc1ccc(C(=O)Nc2cccc(Oc3ccccc3Cl)c2)c(C)n1. The van der Waals surface area contributed by atoms with Gasteiger partial charge in [0.05, 0.1) is 28.6 Å². The number of methoxy groups -OCH3 is 1. The Morgan fingerprint density at radius 3 is 2.67 bits per heavy atom. The van der Waals surface area contributed by atoms with Crippen LogP contribution in [0.3, 0.4) is 0 Å². The number of anilines is 1. The van der Waals surface area contributed by atoms with Gasteiger partial charge in [-0.2, -0.15) is 0 Å². The van der Waals surface area contributed by atoms with E-state index in [0.717, 1.165) is 5.69 Å². The normalized spacial score (nSPS) is 10.5. The Hall–Kier alpha value is -2.89. The molecule has 5 nitrogen and oxygen atoms in total. The number of ether oxygens (including phenoxy) is 2. The fraction of sp³-hybridized carbons (Fsp3) is 0.143. The van der Waals surface area contributed by atoms with Crippen LogP contribution < -0.4 is 10.1 Å². The highest BCUT2D eigenvalue weighted by atomic mass is 35.5. The molecule has 0 aliphatic heterocycles. The number of hydrogen-bond acceptors (Lipinski definition) is 4. The summed E-state index contributed by atoms with van der Waals surface area (Å²) in [6, 6.07) is 17.9. The number of para-hydroxylation sites is 1. The van der Waals surface area contributed by atoms with Crippen LogP contribution in [0, 0.1) is 6.92 Å². The molecule has 0 aliphatic carbocycles. The summed E-state index contributed by atoms with van der Waals surface area (Å²) in [7, 11) is 1.61. The van der Waals surface area contributed by atoms with Crippen molar-refractivity contribution in [2.75, 3.05) is 12.4 Å². The number of carbonyl (C=O) groups excluding carboxylic acids is 1. The third-order valence-electron chi connectivity index (χ3n) is 3.84. The lowest BCUT2D eigenvalue weighted by Gasteiger charge is -2.11. The monoisotopic (exact) mass is 382 g/mol. The molecule has 0 aliphatic rings. The Balaban J connectivity index is 1.74. The number of carbonyl (C=O) groups is 1. The van der Waals surface area contributed by atoms with Gasteiger partial charge in [-0.3, -0.25) is 9.78 Å². The first kappa shape index (κ1) is 18.9. The van der Waals surface area contributed by atoms with Crippen molar-refractivity contribution in [3.8, 4) is 11.5 Å². The van der Waals surface area contributed by atoms with E-state index in [2.05, 4.69) is 10.3 Å². The molecule has 1 heterocycles. The van der Waals surface area contributed by atoms with Crippen LogP contribution in [-0.2, 0) is 11.3 Å². The van der Waals surface area contributed by atoms with Gasteiger partial charge in [-0.05, 0) is 43.3 Å². The highest BCUT2D eigenvalue weighted by molar-refractivity contribution is 6.32. The summed E-state index contributed by atoms with van der Waals surface area (Å²) in [5.41, 5.74) is 2.55. The molecule has 0 atom stereocenters. The maximum absolute atomic E-state index is 12.6. The lowest BCUT2D eigenvalue weighted by Crippen LogP contribution is -2.14. The molecule has 0 radical (unpaired) electrons. The number of benzene rings is 2. The van der Waals surface area contributed by atoms with Crippen molar-refractivity contribution >= 4 is 23.2 Å². The maximum atomic E-state index is 12.6. The zero-order chi connectivity index (χ0) is 19.2. The van der Waals surface area contributed by atoms with Crippen molar-refractivity contribution in [3.63, 3.8) is 0 Å². The number of hydrogen-bond donors (Lipinski definition) is 1. The van der Waals surface area contributed by atoms with E-state index < -0.39 is 0 Å². The van der Waals surface area contributed by atoms with Gasteiger partial charge in [0.15, 0.2) is 0 Å². The van der Waals surface area contributed by atoms with Gasteiger partial charge in [0.2, 0.25) is 0 Å². The Labute approximate surface area is 162 Å². The number of halogens is 1. The number of rotatable bonds is 6. The summed E-state index contributed by atoms with van der Waals surface area (Å²) in [5.74, 6) is 0.890. The largest absolute Gasteiger partial charge is 0.456 e. The molecule has 27 heavy (non-hydrogen) atoms. The molecule has 3 aromatic rings. The van der Waals surface area contributed by atoms with Gasteiger partial charge in [-0.15, -0.1) is 0 Å². The molecule has 1 N–H and O–H groups in total. The summed E-state index contributed by atoms with van der Waals surface area (Å²) in [6.45, 7) is 2.20. The highest BCUT2D eigenvalue weighted by Gasteiger charge is 2.12. The van der Waals surface area contributed by atoms with Crippen LogP contribution in [0.1, 0.15) is 21.7 Å². The van der Waals surface area contributed by atoms with Crippen molar-refractivity contribution in [2.45, 2.75) is 13.5 Å². The van der Waals surface area contributed by atoms with E-state index in [9.17, 15) is 4.79 Å². The van der Waals surface area contributed by atoms with E-state index in [-0.39, 0.29) is 5.91 Å². The van der Waals surface area contributed by atoms with Gasteiger partial charge < -0.3 is 14.8 Å². The molecule has 138 valence electrons. The van der Waals surface area contributed by atoms with E-state index in [1.54, 1.807) is 62.6 Å². The average molecular weight is 383 g/mol. The smallest absolute Gasteiger partial charge is 0.257 e. The Kier molecular flexibility index (Phi) is 6.06. The van der Waals surface area contributed by atoms with Crippen LogP contribution in [0.5, 0.6) is 11.5 Å². The van der Waals surface area contributed by atoms with E-state index in [1.807, 2.05) is 12.1 Å². The average Bonchev–Trinajstić information content (AvgIpc) is 2.64. The maximum Gasteiger partial charge on any atom is 0.257 e. The molecular formula is C21H19ClN2O3. The number of aryl methyl sites for hydroxylation is 1. The molecule has 3 rings (SSSR count). The summed E-state index contributed by atoms with van der Waals surface area (Å²) in [6.07, 6.45) is 0. The number of nitrogens with zero attached hydrogens (tertiary/aromatic N) is 1. The minimum absolute atomic E-state index is 0.237. The van der Waals surface area contributed by atoms with Gasteiger partial charge in [0, 0.05) is 18.9 Å². The molecule has 0 bridgehead atoms. The number of pyridine rings is 1. The second-order valence-electron chi connectivity index (χ2n) is 5.88. The van der Waals surface area contributed by atoms with Crippen molar-refractivity contribution in [1.82, 2.24) is 4.98 Å². The number of aromatic nitrogens is 1. The van der Waals surface area contributed by atoms with E-state index in [0.29, 0.717) is 40.1 Å².